The summed E-state index contributed by atoms with van der Waals surface area (Å²) in [6, 6.07) is 10.3. The van der Waals surface area contributed by atoms with E-state index in [0.717, 1.165) is 10.9 Å². The van der Waals surface area contributed by atoms with E-state index in [4.69, 9.17) is 5.11 Å². The Morgan fingerprint density at radius 2 is 1.88 bits per heavy atom. The van der Waals surface area contributed by atoms with Crippen LogP contribution in [0.25, 0.3) is 10.8 Å². The van der Waals surface area contributed by atoms with E-state index < -0.39 is 6.09 Å². The molecule has 0 bridgehead atoms. The Balaban J connectivity index is 2.28. The van der Waals surface area contributed by atoms with Gasteiger partial charge < -0.3 is 10.4 Å². The van der Waals surface area contributed by atoms with Gasteiger partial charge in [-0.1, -0.05) is 30.3 Å². The van der Waals surface area contributed by atoms with Crippen LogP contribution < -0.4 is 5.32 Å². The summed E-state index contributed by atoms with van der Waals surface area (Å²) in [4.78, 5) is 10.3. The summed E-state index contributed by atoms with van der Waals surface area (Å²) < 4.78 is 13.5. The number of rotatable bonds is 3. The molecule has 0 aliphatic carbocycles. The Morgan fingerprint density at radius 1 is 1.18 bits per heavy atom. The second kappa shape index (κ2) is 4.82. The summed E-state index contributed by atoms with van der Waals surface area (Å²) in [7, 11) is 0. The van der Waals surface area contributed by atoms with Crippen LogP contribution >= 0.6 is 0 Å². The minimum absolute atomic E-state index is 0.254. The van der Waals surface area contributed by atoms with Crippen molar-refractivity contribution in [3.8, 4) is 0 Å². The molecule has 0 radical (unpaired) electrons. The van der Waals surface area contributed by atoms with Gasteiger partial charge >= 0.3 is 6.09 Å². The molecular weight excluding hydrogens is 221 g/mol. The number of hydrogen-bond donors (Lipinski definition) is 2. The Bertz CT molecular complexity index is 554. The highest BCUT2D eigenvalue weighted by molar-refractivity contribution is 5.86. The van der Waals surface area contributed by atoms with Crippen LogP contribution in [-0.2, 0) is 6.42 Å². The second-order valence-electron chi connectivity index (χ2n) is 3.73. The van der Waals surface area contributed by atoms with Gasteiger partial charge in [-0.05, 0) is 23.4 Å². The summed E-state index contributed by atoms with van der Waals surface area (Å²) in [6.45, 7) is 0.324. The molecule has 88 valence electrons. The third-order valence-electron chi connectivity index (χ3n) is 2.63. The van der Waals surface area contributed by atoms with Gasteiger partial charge in [-0.15, -0.1) is 0 Å². The summed E-state index contributed by atoms with van der Waals surface area (Å²) in [6.07, 6.45) is -0.496. The normalized spacial score (nSPS) is 10.4. The Kier molecular flexibility index (Phi) is 3.23. The molecule has 0 saturated carbocycles. The first-order valence-electron chi connectivity index (χ1n) is 5.31. The van der Waals surface area contributed by atoms with E-state index in [-0.39, 0.29) is 5.82 Å². The molecule has 2 aromatic rings. The fourth-order valence-corrected chi connectivity index (χ4v) is 1.86. The number of halogens is 1. The van der Waals surface area contributed by atoms with Crippen molar-refractivity contribution >= 4 is 16.9 Å². The highest BCUT2D eigenvalue weighted by Gasteiger charge is 2.04. The van der Waals surface area contributed by atoms with Crippen molar-refractivity contribution in [1.82, 2.24) is 5.32 Å². The van der Waals surface area contributed by atoms with Crippen LogP contribution in [0.15, 0.2) is 36.4 Å². The maximum Gasteiger partial charge on any atom is 0.404 e. The molecule has 0 fully saturated rings. The van der Waals surface area contributed by atoms with Crippen LogP contribution in [0.2, 0.25) is 0 Å². The second-order valence-corrected chi connectivity index (χ2v) is 3.73. The van der Waals surface area contributed by atoms with Gasteiger partial charge in [0.25, 0.3) is 0 Å². The van der Waals surface area contributed by atoms with Gasteiger partial charge in [-0.3, -0.25) is 0 Å². The van der Waals surface area contributed by atoms with Crippen LogP contribution in [0.4, 0.5) is 9.18 Å². The number of nitrogens with one attached hydrogen (secondary N) is 1. The van der Waals surface area contributed by atoms with E-state index in [1.807, 2.05) is 12.1 Å². The topological polar surface area (TPSA) is 49.3 Å². The largest absolute Gasteiger partial charge is 0.465 e. The Morgan fingerprint density at radius 3 is 2.65 bits per heavy atom. The molecule has 17 heavy (non-hydrogen) atoms. The minimum Gasteiger partial charge on any atom is -0.465 e. The molecule has 4 heteroatoms. The van der Waals surface area contributed by atoms with Crippen molar-refractivity contribution in [2.24, 2.45) is 0 Å². The molecule has 2 rings (SSSR count). The quantitative estimate of drug-likeness (QED) is 0.856. The number of hydrogen-bond acceptors (Lipinski definition) is 1. The molecule has 2 N–H and O–H groups in total. The zero-order chi connectivity index (χ0) is 12.3. The van der Waals surface area contributed by atoms with Crippen molar-refractivity contribution < 1.29 is 14.3 Å². The lowest BCUT2D eigenvalue weighted by atomic mass is 10.0. The Hall–Kier alpha value is -2.10. The first-order valence-corrected chi connectivity index (χ1v) is 5.31. The standard InChI is InChI=1S/C13H12FNO2/c14-12-6-2-4-10-9(3-1-5-11(10)12)7-8-15-13(16)17/h1-6,15H,7-8H2,(H,16,17). The predicted molar refractivity (Wildman–Crippen MR) is 63.6 cm³/mol. The van der Waals surface area contributed by atoms with Gasteiger partial charge in [0.2, 0.25) is 0 Å². The lowest BCUT2D eigenvalue weighted by Gasteiger charge is -2.07. The van der Waals surface area contributed by atoms with Crippen molar-refractivity contribution in [2.45, 2.75) is 6.42 Å². The highest BCUT2D eigenvalue weighted by Crippen LogP contribution is 2.21. The van der Waals surface area contributed by atoms with E-state index in [1.54, 1.807) is 18.2 Å². The maximum absolute atomic E-state index is 13.5. The van der Waals surface area contributed by atoms with E-state index >= 15 is 0 Å². The molecule has 1 amide bonds. The fraction of sp³-hybridized carbons (Fsp3) is 0.154. The van der Waals surface area contributed by atoms with Gasteiger partial charge in [0.1, 0.15) is 5.82 Å². The molecule has 0 aliphatic rings. The molecule has 0 saturated heterocycles. The smallest absolute Gasteiger partial charge is 0.404 e. The van der Waals surface area contributed by atoms with Crippen LogP contribution in [0.5, 0.6) is 0 Å². The van der Waals surface area contributed by atoms with E-state index in [9.17, 15) is 9.18 Å². The highest BCUT2D eigenvalue weighted by atomic mass is 19.1. The molecular formula is C13H12FNO2. The van der Waals surface area contributed by atoms with E-state index in [0.29, 0.717) is 18.4 Å². The number of amides is 1. The fourth-order valence-electron chi connectivity index (χ4n) is 1.86. The molecule has 0 unspecified atom stereocenters. The van der Waals surface area contributed by atoms with Crippen molar-refractivity contribution in [3.63, 3.8) is 0 Å². The zero-order valence-corrected chi connectivity index (χ0v) is 9.11. The van der Waals surface area contributed by atoms with Crippen LogP contribution in [0, 0.1) is 5.82 Å². The van der Waals surface area contributed by atoms with E-state index in [1.165, 1.54) is 6.07 Å². The summed E-state index contributed by atoms with van der Waals surface area (Å²) in [5.74, 6) is -0.254. The zero-order valence-electron chi connectivity index (χ0n) is 9.11. The predicted octanol–water partition coefficient (Wildman–Crippen LogP) is 2.79. The molecule has 0 aromatic heterocycles. The summed E-state index contributed by atoms with van der Waals surface area (Å²) >= 11 is 0. The SMILES string of the molecule is O=C(O)NCCc1cccc2c(F)cccc12. The maximum atomic E-state index is 13.5. The molecule has 0 atom stereocenters. The number of carboxylic acid groups (broad SMARTS) is 1. The average molecular weight is 233 g/mol. The summed E-state index contributed by atoms with van der Waals surface area (Å²) in [5.41, 5.74) is 0.941. The molecule has 0 heterocycles. The van der Waals surface area contributed by atoms with Gasteiger partial charge in [-0.2, -0.15) is 0 Å². The number of benzene rings is 2. The Labute approximate surface area is 97.9 Å². The monoisotopic (exact) mass is 233 g/mol. The average Bonchev–Trinajstić information content (AvgIpc) is 2.30. The van der Waals surface area contributed by atoms with Crippen LogP contribution in [0.3, 0.4) is 0 Å². The van der Waals surface area contributed by atoms with Gasteiger partial charge in [-0.25, -0.2) is 9.18 Å². The van der Waals surface area contributed by atoms with Crippen LogP contribution in [0.1, 0.15) is 5.56 Å². The lowest BCUT2D eigenvalue weighted by molar-refractivity contribution is 0.194. The number of fused-ring (bicyclic) bond motifs is 1. The summed E-state index contributed by atoms with van der Waals surface area (Å²) in [5, 5.41) is 12.2. The van der Waals surface area contributed by atoms with Crippen molar-refractivity contribution in [3.05, 3.63) is 47.8 Å². The van der Waals surface area contributed by atoms with Gasteiger partial charge in [0.15, 0.2) is 0 Å². The number of carbonyl (C=O) groups is 1. The molecule has 0 spiro atoms. The molecule has 2 aromatic carbocycles. The lowest BCUT2D eigenvalue weighted by Crippen LogP contribution is -2.23. The van der Waals surface area contributed by atoms with E-state index in [2.05, 4.69) is 5.32 Å². The first-order chi connectivity index (χ1) is 8.18. The van der Waals surface area contributed by atoms with Crippen molar-refractivity contribution in [2.75, 3.05) is 6.54 Å². The third-order valence-corrected chi connectivity index (χ3v) is 2.63. The van der Waals surface area contributed by atoms with Crippen LogP contribution in [-0.4, -0.2) is 17.7 Å². The molecule has 3 nitrogen and oxygen atoms in total. The van der Waals surface area contributed by atoms with Crippen molar-refractivity contribution in [1.29, 1.82) is 0 Å². The van der Waals surface area contributed by atoms with Gasteiger partial charge in [0, 0.05) is 11.9 Å². The van der Waals surface area contributed by atoms with Gasteiger partial charge in [0.05, 0.1) is 0 Å². The first kappa shape index (κ1) is 11.4. The third kappa shape index (κ3) is 2.53. The molecule has 0 aliphatic heterocycles. The minimum atomic E-state index is -1.04.